The molecular weight excluding hydrogens is 306 g/mol. The van der Waals surface area contributed by atoms with E-state index in [1.165, 1.54) is 5.56 Å². The van der Waals surface area contributed by atoms with Gasteiger partial charge in [-0.05, 0) is 36.2 Å². The summed E-state index contributed by atoms with van der Waals surface area (Å²) in [5, 5.41) is 2.81. The first-order valence-corrected chi connectivity index (χ1v) is 8.11. The summed E-state index contributed by atoms with van der Waals surface area (Å²) in [6.45, 7) is 2.86. The van der Waals surface area contributed by atoms with E-state index in [2.05, 4.69) is 12.2 Å². The second kappa shape index (κ2) is 7.73. The van der Waals surface area contributed by atoms with E-state index in [0.29, 0.717) is 24.7 Å². The van der Waals surface area contributed by atoms with Crippen molar-refractivity contribution in [2.45, 2.75) is 19.4 Å². The SMILES string of the molecule is CCc1cccc(OCC(=O)NCC2COc3ccccc3O2)c1. The third kappa shape index (κ3) is 4.19. The fourth-order valence-electron chi connectivity index (χ4n) is 2.45. The highest BCUT2D eigenvalue weighted by molar-refractivity contribution is 5.77. The third-order valence-corrected chi connectivity index (χ3v) is 3.77. The maximum atomic E-state index is 11.9. The molecule has 5 heteroatoms. The summed E-state index contributed by atoms with van der Waals surface area (Å²) < 4.78 is 16.9. The first-order valence-electron chi connectivity index (χ1n) is 8.11. The Morgan fingerprint density at radius 2 is 2.04 bits per heavy atom. The number of carbonyl (C=O) groups excluding carboxylic acids is 1. The van der Waals surface area contributed by atoms with Gasteiger partial charge in [-0.2, -0.15) is 0 Å². The summed E-state index contributed by atoms with van der Waals surface area (Å²) in [7, 11) is 0. The number of rotatable bonds is 6. The Labute approximate surface area is 141 Å². The van der Waals surface area contributed by atoms with Gasteiger partial charge >= 0.3 is 0 Å². The number of hydrogen-bond acceptors (Lipinski definition) is 4. The van der Waals surface area contributed by atoms with Crippen molar-refractivity contribution in [3.63, 3.8) is 0 Å². The van der Waals surface area contributed by atoms with Crippen LogP contribution < -0.4 is 19.5 Å². The Hall–Kier alpha value is -2.69. The van der Waals surface area contributed by atoms with Gasteiger partial charge in [-0.1, -0.05) is 31.2 Å². The van der Waals surface area contributed by atoms with Gasteiger partial charge in [0, 0.05) is 0 Å². The lowest BCUT2D eigenvalue weighted by atomic mass is 10.2. The highest BCUT2D eigenvalue weighted by atomic mass is 16.6. The van der Waals surface area contributed by atoms with Crippen molar-refractivity contribution in [1.29, 1.82) is 0 Å². The molecule has 1 heterocycles. The molecule has 1 atom stereocenters. The number of benzene rings is 2. The van der Waals surface area contributed by atoms with Gasteiger partial charge < -0.3 is 19.5 Å². The van der Waals surface area contributed by atoms with Crippen LogP contribution in [0.25, 0.3) is 0 Å². The molecule has 5 nitrogen and oxygen atoms in total. The molecule has 0 spiro atoms. The standard InChI is InChI=1S/C19H21NO4/c1-2-14-6-5-7-15(10-14)22-13-19(21)20-11-16-12-23-17-8-3-4-9-18(17)24-16/h3-10,16H,2,11-13H2,1H3,(H,20,21). The van der Waals surface area contributed by atoms with Crippen LogP contribution in [0.1, 0.15) is 12.5 Å². The number of fused-ring (bicyclic) bond motifs is 1. The maximum absolute atomic E-state index is 11.9. The largest absolute Gasteiger partial charge is 0.486 e. The predicted octanol–water partition coefficient (Wildman–Crippen LogP) is 2.58. The highest BCUT2D eigenvalue weighted by Gasteiger charge is 2.21. The van der Waals surface area contributed by atoms with Gasteiger partial charge in [0.15, 0.2) is 18.1 Å². The van der Waals surface area contributed by atoms with E-state index in [4.69, 9.17) is 14.2 Å². The van der Waals surface area contributed by atoms with Crippen LogP contribution in [0.4, 0.5) is 0 Å². The van der Waals surface area contributed by atoms with Gasteiger partial charge in [-0.25, -0.2) is 0 Å². The molecule has 126 valence electrons. The zero-order valence-electron chi connectivity index (χ0n) is 13.7. The molecule has 2 aromatic carbocycles. The molecule has 0 radical (unpaired) electrons. The molecule has 0 saturated heterocycles. The molecule has 1 unspecified atom stereocenters. The first kappa shape index (κ1) is 16.2. The van der Waals surface area contributed by atoms with E-state index in [9.17, 15) is 4.79 Å². The van der Waals surface area contributed by atoms with E-state index in [-0.39, 0.29) is 18.6 Å². The lowest BCUT2D eigenvalue weighted by Gasteiger charge is -2.26. The summed E-state index contributed by atoms with van der Waals surface area (Å²) >= 11 is 0. The topological polar surface area (TPSA) is 56.8 Å². The second-order valence-corrected chi connectivity index (χ2v) is 5.59. The number of ether oxygens (including phenoxy) is 3. The Balaban J connectivity index is 1.43. The molecule has 24 heavy (non-hydrogen) atoms. The summed E-state index contributed by atoms with van der Waals surface area (Å²) in [5.74, 6) is 1.96. The number of carbonyl (C=O) groups is 1. The smallest absolute Gasteiger partial charge is 0.258 e. The lowest BCUT2D eigenvalue weighted by Crippen LogP contribution is -2.42. The van der Waals surface area contributed by atoms with Gasteiger partial charge in [-0.15, -0.1) is 0 Å². The average Bonchev–Trinajstić information content (AvgIpc) is 2.64. The van der Waals surface area contributed by atoms with E-state index >= 15 is 0 Å². The fourth-order valence-corrected chi connectivity index (χ4v) is 2.45. The number of amides is 1. The summed E-state index contributed by atoms with van der Waals surface area (Å²) in [6, 6.07) is 15.3. The van der Waals surface area contributed by atoms with E-state index in [0.717, 1.165) is 12.2 Å². The van der Waals surface area contributed by atoms with Crippen LogP contribution in [0.5, 0.6) is 17.2 Å². The van der Waals surface area contributed by atoms with Crippen molar-refractivity contribution < 1.29 is 19.0 Å². The first-order chi connectivity index (χ1) is 11.7. The Morgan fingerprint density at radius 3 is 2.88 bits per heavy atom. The van der Waals surface area contributed by atoms with Crippen molar-refractivity contribution in [1.82, 2.24) is 5.32 Å². The number of hydrogen-bond donors (Lipinski definition) is 1. The zero-order chi connectivity index (χ0) is 16.8. The molecule has 1 amide bonds. The minimum atomic E-state index is -0.202. The quantitative estimate of drug-likeness (QED) is 0.886. The van der Waals surface area contributed by atoms with Crippen LogP contribution in [0.3, 0.4) is 0 Å². The monoisotopic (exact) mass is 327 g/mol. The molecule has 0 fully saturated rings. The Kier molecular flexibility index (Phi) is 5.21. The Morgan fingerprint density at radius 1 is 1.21 bits per heavy atom. The molecule has 1 N–H and O–H groups in total. The molecule has 3 rings (SSSR count). The molecule has 0 aromatic heterocycles. The van der Waals surface area contributed by atoms with Crippen molar-refractivity contribution >= 4 is 5.91 Å². The van der Waals surface area contributed by atoms with Crippen molar-refractivity contribution in [2.75, 3.05) is 19.8 Å². The summed E-state index contributed by atoms with van der Waals surface area (Å²) in [4.78, 5) is 11.9. The van der Waals surface area contributed by atoms with Crippen LogP contribution in [0.15, 0.2) is 48.5 Å². The van der Waals surface area contributed by atoms with E-state index in [1.54, 1.807) is 0 Å². The molecule has 1 aliphatic rings. The molecule has 0 saturated carbocycles. The zero-order valence-corrected chi connectivity index (χ0v) is 13.7. The predicted molar refractivity (Wildman–Crippen MR) is 90.7 cm³/mol. The molecule has 0 bridgehead atoms. The highest BCUT2D eigenvalue weighted by Crippen LogP contribution is 2.30. The van der Waals surface area contributed by atoms with Crippen molar-refractivity contribution in [3.8, 4) is 17.2 Å². The fraction of sp³-hybridized carbons (Fsp3) is 0.316. The number of aryl methyl sites for hydroxylation is 1. The maximum Gasteiger partial charge on any atom is 0.258 e. The van der Waals surface area contributed by atoms with Gasteiger partial charge in [0.25, 0.3) is 5.91 Å². The average molecular weight is 327 g/mol. The van der Waals surface area contributed by atoms with Crippen LogP contribution in [-0.4, -0.2) is 31.8 Å². The van der Waals surface area contributed by atoms with E-state index < -0.39 is 0 Å². The minimum Gasteiger partial charge on any atom is -0.486 e. The summed E-state index contributed by atoms with van der Waals surface area (Å²) in [5.41, 5.74) is 1.18. The summed E-state index contributed by atoms with van der Waals surface area (Å²) in [6.07, 6.45) is 0.733. The van der Waals surface area contributed by atoms with Crippen molar-refractivity contribution in [3.05, 3.63) is 54.1 Å². The van der Waals surface area contributed by atoms with E-state index in [1.807, 2.05) is 48.5 Å². The van der Waals surface area contributed by atoms with Crippen LogP contribution in [0, 0.1) is 0 Å². The molecule has 2 aromatic rings. The number of para-hydroxylation sites is 2. The van der Waals surface area contributed by atoms with Crippen molar-refractivity contribution in [2.24, 2.45) is 0 Å². The Bertz CT molecular complexity index is 701. The number of nitrogens with one attached hydrogen (secondary N) is 1. The minimum absolute atomic E-state index is 0.0165. The molecular formula is C19H21NO4. The van der Waals surface area contributed by atoms with Gasteiger partial charge in [0.1, 0.15) is 18.5 Å². The molecule has 0 aliphatic carbocycles. The third-order valence-electron chi connectivity index (χ3n) is 3.77. The van der Waals surface area contributed by atoms with Gasteiger partial charge in [0.2, 0.25) is 0 Å². The van der Waals surface area contributed by atoms with Crippen LogP contribution in [-0.2, 0) is 11.2 Å². The van der Waals surface area contributed by atoms with Gasteiger partial charge in [-0.3, -0.25) is 4.79 Å². The normalized spacial score (nSPS) is 15.6. The lowest BCUT2D eigenvalue weighted by molar-refractivity contribution is -0.123. The molecule has 1 aliphatic heterocycles. The second-order valence-electron chi connectivity index (χ2n) is 5.59. The van der Waals surface area contributed by atoms with Crippen LogP contribution >= 0.6 is 0 Å². The van der Waals surface area contributed by atoms with Crippen LogP contribution in [0.2, 0.25) is 0 Å². The van der Waals surface area contributed by atoms with Gasteiger partial charge in [0.05, 0.1) is 6.54 Å².